The fourth-order valence-corrected chi connectivity index (χ4v) is 4.74. The van der Waals surface area contributed by atoms with Crippen LogP contribution in [0.1, 0.15) is 56.9 Å². The van der Waals surface area contributed by atoms with E-state index in [0.717, 1.165) is 38.5 Å². The minimum Gasteiger partial charge on any atom is -0.481 e. The van der Waals surface area contributed by atoms with Gasteiger partial charge in [-0.2, -0.15) is 0 Å². The van der Waals surface area contributed by atoms with Gasteiger partial charge in [-0.15, -0.1) is 0 Å². The summed E-state index contributed by atoms with van der Waals surface area (Å²) >= 11 is 0. The number of hydrogen-bond donors (Lipinski definition) is 3. The summed E-state index contributed by atoms with van der Waals surface area (Å²) in [6, 6.07) is 10.5. The third-order valence-electron chi connectivity index (χ3n) is 6.06. The summed E-state index contributed by atoms with van der Waals surface area (Å²) in [4.78, 5) is 10.6. The molecule has 3 rings (SSSR count). The van der Waals surface area contributed by atoms with Crippen molar-refractivity contribution in [2.24, 2.45) is 5.92 Å². The van der Waals surface area contributed by atoms with E-state index in [2.05, 4.69) is 24.3 Å². The zero-order chi connectivity index (χ0) is 18.6. The molecule has 0 aromatic heterocycles. The number of aliphatic carboxylic acids is 1. The standard InChI is InChI=1S/C21H30O5/c22-17(13-18(23)14-20(24)25)8-10-21-11-9-19(26-21)12-16(21)7-6-15-4-2-1-3-5-15/h1-5,16-19,22-23H,6-14H2,(H,24,25)/t16-,17-,18-,19-,21-/m1/s1. The molecule has 2 bridgehead atoms. The highest BCUT2D eigenvalue weighted by Gasteiger charge is 2.52. The summed E-state index contributed by atoms with van der Waals surface area (Å²) < 4.78 is 6.31. The normalized spacial score (nSPS) is 29.6. The maximum absolute atomic E-state index is 10.6. The molecule has 0 radical (unpaired) electrons. The largest absolute Gasteiger partial charge is 0.481 e. The summed E-state index contributed by atoms with van der Waals surface area (Å²) in [7, 11) is 0. The second-order valence-electron chi connectivity index (χ2n) is 7.98. The molecule has 2 aliphatic heterocycles. The van der Waals surface area contributed by atoms with Crippen molar-refractivity contribution in [2.75, 3.05) is 0 Å². The van der Waals surface area contributed by atoms with E-state index in [1.54, 1.807) is 0 Å². The van der Waals surface area contributed by atoms with Gasteiger partial charge in [0.1, 0.15) is 0 Å². The van der Waals surface area contributed by atoms with E-state index in [-0.39, 0.29) is 18.4 Å². The van der Waals surface area contributed by atoms with Crippen LogP contribution < -0.4 is 0 Å². The van der Waals surface area contributed by atoms with Gasteiger partial charge in [0.05, 0.1) is 30.3 Å². The molecule has 2 saturated heterocycles. The van der Waals surface area contributed by atoms with Gasteiger partial charge in [0.2, 0.25) is 0 Å². The lowest BCUT2D eigenvalue weighted by Gasteiger charge is -2.34. The molecule has 1 aromatic rings. The van der Waals surface area contributed by atoms with Crippen molar-refractivity contribution in [1.29, 1.82) is 0 Å². The number of carboxylic acid groups (broad SMARTS) is 1. The van der Waals surface area contributed by atoms with E-state index in [0.29, 0.717) is 18.4 Å². The van der Waals surface area contributed by atoms with Crippen molar-refractivity contribution in [2.45, 2.75) is 81.7 Å². The number of aryl methyl sites for hydroxylation is 1. The third-order valence-corrected chi connectivity index (χ3v) is 6.06. The molecule has 2 fully saturated rings. The molecular weight excluding hydrogens is 332 g/mol. The number of aliphatic hydroxyl groups is 2. The van der Waals surface area contributed by atoms with Crippen LogP contribution in [0, 0.1) is 5.92 Å². The predicted molar refractivity (Wildman–Crippen MR) is 97.8 cm³/mol. The van der Waals surface area contributed by atoms with Crippen molar-refractivity contribution >= 4 is 5.97 Å². The molecule has 0 saturated carbocycles. The van der Waals surface area contributed by atoms with E-state index in [9.17, 15) is 15.0 Å². The highest BCUT2D eigenvalue weighted by atomic mass is 16.5. The Labute approximate surface area is 155 Å². The maximum Gasteiger partial charge on any atom is 0.305 e. The fourth-order valence-electron chi connectivity index (χ4n) is 4.74. The molecule has 0 spiro atoms. The molecule has 2 aliphatic rings. The van der Waals surface area contributed by atoms with Gasteiger partial charge in [0.25, 0.3) is 0 Å². The minimum absolute atomic E-state index is 0.112. The molecule has 0 unspecified atom stereocenters. The molecule has 2 heterocycles. The van der Waals surface area contributed by atoms with Gasteiger partial charge in [0, 0.05) is 0 Å². The SMILES string of the molecule is O=C(O)C[C@H](O)C[C@H](O)CC[C@@]12CC[C@H](C[C@H]1CCc1ccccc1)O2. The highest BCUT2D eigenvalue weighted by molar-refractivity contribution is 5.67. The van der Waals surface area contributed by atoms with Crippen molar-refractivity contribution in [1.82, 2.24) is 0 Å². The van der Waals surface area contributed by atoms with Gasteiger partial charge in [-0.25, -0.2) is 0 Å². The van der Waals surface area contributed by atoms with Gasteiger partial charge >= 0.3 is 5.97 Å². The van der Waals surface area contributed by atoms with Crippen LogP contribution in [0.5, 0.6) is 0 Å². The quantitative estimate of drug-likeness (QED) is 0.596. The number of carboxylic acids is 1. The Kier molecular flexibility index (Phi) is 6.33. The zero-order valence-corrected chi connectivity index (χ0v) is 15.2. The van der Waals surface area contributed by atoms with Crippen LogP contribution >= 0.6 is 0 Å². The van der Waals surface area contributed by atoms with Crippen LogP contribution in [0.3, 0.4) is 0 Å². The summed E-state index contributed by atoms with van der Waals surface area (Å²) in [6.07, 6.45) is 5.18. The summed E-state index contributed by atoms with van der Waals surface area (Å²) in [5.41, 5.74) is 1.21. The van der Waals surface area contributed by atoms with Crippen LogP contribution in [0.4, 0.5) is 0 Å². The summed E-state index contributed by atoms with van der Waals surface area (Å²) in [5.74, 6) is -0.528. The van der Waals surface area contributed by atoms with Gasteiger partial charge in [-0.05, 0) is 62.8 Å². The number of benzene rings is 1. The number of fused-ring (bicyclic) bond motifs is 2. The lowest BCUT2D eigenvalue weighted by Crippen LogP contribution is -2.35. The molecule has 5 heteroatoms. The molecule has 0 aliphatic carbocycles. The Morgan fingerprint density at radius 1 is 1.23 bits per heavy atom. The first-order valence-electron chi connectivity index (χ1n) is 9.76. The van der Waals surface area contributed by atoms with Crippen LogP contribution in [0.2, 0.25) is 0 Å². The van der Waals surface area contributed by atoms with E-state index in [1.165, 1.54) is 5.56 Å². The first-order chi connectivity index (χ1) is 12.5. The van der Waals surface area contributed by atoms with Crippen molar-refractivity contribution in [3.05, 3.63) is 35.9 Å². The zero-order valence-electron chi connectivity index (χ0n) is 15.2. The molecular formula is C21H30O5. The molecule has 5 nitrogen and oxygen atoms in total. The van der Waals surface area contributed by atoms with Gasteiger partial charge in [-0.1, -0.05) is 30.3 Å². The third kappa shape index (κ3) is 4.84. The second kappa shape index (κ2) is 8.51. The lowest BCUT2D eigenvalue weighted by molar-refractivity contribution is -0.139. The summed E-state index contributed by atoms with van der Waals surface area (Å²) in [5, 5.41) is 28.6. The Bertz CT molecular complexity index is 589. The van der Waals surface area contributed by atoms with Crippen LogP contribution in [0.15, 0.2) is 30.3 Å². The second-order valence-corrected chi connectivity index (χ2v) is 7.98. The average molecular weight is 362 g/mol. The molecule has 3 N–H and O–H groups in total. The van der Waals surface area contributed by atoms with Crippen LogP contribution in [-0.4, -0.2) is 45.2 Å². The van der Waals surface area contributed by atoms with E-state index in [4.69, 9.17) is 9.84 Å². The first kappa shape index (κ1) is 19.3. The highest BCUT2D eigenvalue weighted by Crippen LogP contribution is 2.52. The predicted octanol–water partition coefficient (Wildman–Crippen LogP) is 2.92. The average Bonchev–Trinajstić information content (AvgIpc) is 3.17. The van der Waals surface area contributed by atoms with E-state index < -0.39 is 18.2 Å². The fraction of sp³-hybridized carbons (Fsp3) is 0.667. The van der Waals surface area contributed by atoms with Crippen LogP contribution in [0.25, 0.3) is 0 Å². The van der Waals surface area contributed by atoms with E-state index in [1.807, 2.05) is 6.07 Å². The Morgan fingerprint density at radius 2 is 2.00 bits per heavy atom. The van der Waals surface area contributed by atoms with Crippen molar-refractivity contribution in [3.8, 4) is 0 Å². The Hall–Kier alpha value is -1.43. The number of aliphatic hydroxyl groups excluding tert-OH is 2. The molecule has 1 aromatic carbocycles. The lowest BCUT2D eigenvalue weighted by atomic mass is 9.73. The molecule has 5 atom stereocenters. The smallest absolute Gasteiger partial charge is 0.305 e. The van der Waals surface area contributed by atoms with Gasteiger partial charge < -0.3 is 20.1 Å². The summed E-state index contributed by atoms with van der Waals surface area (Å²) in [6.45, 7) is 0. The molecule has 26 heavy (non-hydrogen) atoms. The van der Waals surface area contributed by atoms with Crippen LogP contribution in [-0.2, 0) is 16.0 Å². The van der Waals surface area contributed by atoms with Crippen molar-refractivity contribution in [3.63, 3.8) is 0 Å². The number of carbonyl (C=O) groups is 1. The number of rotatable bonds is 10. The topological polar surface area (TPSA) is 87.0 Å². The number of hydrogen-bond acceptors (Lipinski definition) is 4. The van der Waals surface area contributed by atoms with Gasteiger partial charge in [-0.3, -0.25) is 4.79 Å². The Morgan fingerprint density at radius 3 is 2.69 bits per heavy atom. The Balaban J connectivity index is 1.50. The maximum atomic E-state index is 10.6. The monoisotopic (exact) mass is 362 g/mol. The number of ether oxygens (including phenoxy) is 1. The minimum atomic E-state index is -1.04. The molecule has 144 valence electrons. The van der Waals surface area contributed by atoms with E-state index >= 15 is 0 Å². The molecule has 0 amide bonds. The van der Waals surface area contributed by atoms with Crippen molar-refractivity contribution < 1.29 is 24.9 Å². The first-order valence-corrected chi connectivity index (χ1v) is 9.76. The van der Waals surface area contributed by atoms with Gasteiger partial charge in [0.15, 0.2) is 0 Å².